The van der Waals surface area contributed by atoms with Gasteiger partial charge in [0.1, 0.15) is 5.69 Å². The number of nitrogens with zero attached hydrogens (tertiary/aromatic N) is 2. The Labute approximate surface area is 139 Å². The minimum atomic E-state index is 0. The Morgan fingerprint density at radius 1 is 1.32 bits per heavy atom. The van der Waals surface area contributed by atoms with Crippen molar-refractivity contribution in [1.29, 1.82) is 0 Å². The molecule has 3 rings (SSSR count). The number of rotatable bonds is 4. The van der Waals surface area contributed by atoms with E-state index in [-0.39, 0.29) is 24.2 Å². The van der Waals surface area contributed by atoms with E-state index in [1.807, 2.05) is 29.6 Å². The minimum Gasteiger partial charge on any atom is -0.330 e. The van der Waals surface area contributed by atoms with Crippen LogP contribution in [0.2, 0.25) is 0 Å². The van der Waals surface area contributed by atoms with Crippen LogP contribution in [0.5, 0.6) is 0 Å². The van der Waals surface area contributed by atoms with E-state index in [1.54, 1.807) is 0 Å². The molecule has 1 aliphatic carbocycles. The van der Waals surface area contributed by atoms with E-state index in [9.17, 15) is 4.79 Å². The van der Waals surface area contributed by atoms with Crippen LogP contribution in [0.15, 0.2) is 29.6 Å². The van der Waals surface area contributed by atoms with E-state index in [0.29, 0.717) is 12.5 Å². The van der Waals surface area contributed by atoms with Crippen LogP contribution in [-0.4, -0.2) is 22.0 Å². The van der Waals surface area contributed by atoms with Crippen molar-refractivity contribution in [3.05, 3.63) is 29.6 Å². The molecule has 0 saturated heterocycles. The molecular weight excluding hydrogens is 320 g/mol. The van der Waals surface area contributed by atoms with Crippen LogP contribution >= 0.6 is 23.9 Å². The highest BCUT2D eigenvalue weighted by Crippen LogP contribution is 2.32. The maximum absolute atomic E-state index is 12.3. The van der Waals surface area contributed by atoms with Crippen LogP contribution in [0.25, 0.3) is 11.3 Å². The standard InChI is InChI=1S/C15H18N4OS.ClH/c16-8-11-2-1-3-13(11)15(20)17-12-6-4-10(5-7-12)14-9-21-19-18-14;/h4-7,9,11,13H,1-3,8,16H2,(H,17,20);1H/t11-,13-;/m1./s1. The van der Waals surface area contributed by atoms with Crippen molar-refractivity contribution in [2.75, 3.05) is 11.9 Å². The number of carbonyl (C=O) groups excluding carboxylic acids is 1. The number of nitrogens with two attached hydrogens (primary N) is 1. The van der Waals surface area contributed by atoms with Gasteiger partial charge in [0.2, 0.25) is 5.91 Å². The average molecular weight is 339 g/mol. The second-order valence-electron chi connectivity index (χ2n) is 5.39. The topological polar surface area (TPSA) is 80.9 Å². The third-order valence-electron chi connectivity index (χ3n) is 4.11. The highest BCUT2D eigenvalue weighted by molar-refractivity contribution is 7.03. The summed E-state index contributed by atoms with van der Waals surface area (Å²) >= 11 is 1.33. The summed E-state index contributed by atoms with van der Waals surface area (Å²) in [6.07, 6.45) is 3.09. The van der Waals surface area contributed by atoms with E-state index in [4.69, 9.17) is 5.73 Å². The molecule has 0 bridgehead atoms. The number of halogens is 1. The van der Waals surface area contributed by atoms with Crippen molar-refractivity contribution in [3.63, 3.8) is 0 Å². The molecule has 3 N–H and O–H groups in total. The number of amides is 1. The number of hydrogen-bond donors (Lipinski definition) is 2. The molecule has 0 unspecified atom stereocenters. The second-order valence-corrected chi connectivity index (χ2v) is 6.00. The maximum atomic E-state index is 12.3. The number of benzene rings is 1. The summed E-state index contributed by atoms with van der Waals surface area (Å²) in [5.74, 6) is 0.466. The number of carbonyl (C=O) groups is 1. The fraction of sp³-hybridized carbons (Fsp3) is 0.400. The zero-order valence-corrected chi connectivity index (χ0v) is 13.7. The average Bonchev–Trinajstić information content (AvgIpc) is 3.19. The van der Waals surface area contributed by atoms with E-state index >= 15 is 0 Å². The Morgan fingerprint density at radius 3 is 2.73 bits per heavy atom. The first-order valence-electron chi connectivity index (χ1n) is 7.16. The van der Waals surface area contributed by atoms with Crippen molar-refractivity contribution in [2.45, 2.75) is 19.3 Å². The molecule has 0 aliphatic heterocycles. The molecule has 22 heavy (non-hydrogen) atoms. The zero-order chi connectivity index (χ0) is 14.7. The van der Waals surface area contributed by atoms with Crippen LogP contribution < -0.4 is 11.1 Å². The van der Waals surface area contributed by atoms with Crippen molar-refractivity contribution < 1.29 is 4.79 Å². The third kappa shape index (κ3) is 3.63. The van der Waals surface area contributed by atoms with Crippen molar-refractivity contribution in [2.24, 2.45) is 17.6 Å². The molecule has 1 aromatic carbocycles. The lowest BCUT2D eigenvalue weighted by atomic mass is 9.95. The van der Waals surface area contributed by atoms with Crippen LogP contribution in [0.1, 0.15) is 19.3 Å². The van der Waals surface area contributed by atoms with Gasteiger partial charge in [-0.25, -0.2) is 0 Å². The molecule has 1 amide bonds. The summed E-state index contributed by atoms with van der Waals surface area (Å²) in [6.45, 7) is 0.591. The first-order valence-corrected chi connectivity index (χ1v) is 8.00. The lowest BCUT2D eigenvalue weighted by molar-refractivity contribution is -0.120. The number of nitrogens with one attached hydrogen (secondary N) is 1. The molecule has 1 heterocycles. The molecule has 0 radical (unpaired) electrons. The van der Waals surface area contributed by atoms with E-state index in [0.717, 1.165) is 36.2 Å². The molecule has 7 heteroatoms. The molecule has 2 aromatic rings. The Morgan fingerprint density at radius 2 is 2.09 bits per heavy atom. The molecule has 118 valence electrons. The predicted octanol–water partition coefficient (Wildman–Crippen LogP) is 2.94. The van der Waals surface area contributed by atoms with E-state index < -0.39 is 0 Å². The first-order chi connectivity index (χ1) is 10.3. The quantitative estimate of drug-likeness (QED) is 0.898. The molecule has 5 nitrogen and oxygen atoms in total. The highest BCUT2D eigenvalue weighted by atomic mass is 35.5. The van der Waals surface area contributed by atoms with Crippen molar-refractivity contribution in [1.82, 2.24) is 9.59 Å². The van der Waals surface area contributed by atoms with Gasteiger partial charge < -0.3 is 11.1 Å². The Balaban J connectivity index is 0.00000176. The summed E-state index contributed by atoms with van der Waals surface area (Å²) in [5, 5.41) is 8.92. The van der Waals surface area contributed by atoms with E-state index in [2.05, 4.69) is 14.9 Å². The molecule has 1 aromatic heterocycles. The molecule has 1 aliphatic rings. The van der Waals surface area contributed by atoms with Gasteiger partial charge in [0.25, 0.3) is 0 Å². The van der Waals surface area contributed by atoms with Gasteiger partial charge in [-0.1, -0.05) is 23.0 Å². The van der Waals surface area contributed by atoms with Crippen LogP contribution in [0.3, 0.4) is 0 Å². The van der Waals surface area contributed by atoms with Gasteiger partial charge in [0, 0.05) is 22.5 Å². The zero-order valence-electron chi connectivity index (χ0n) is 12.1. The fourth-order valence-corrected chi connectivity index (χ4v) is 3.38. The van der Waals surface area contributed by atoms with Crippen molar-refractivity contribution >= 4 is 35.5 Å². The van der Waals surface area contributed by atoms with Gasteiger partial charge >= 0.3 is 0 Å². The molecule has 1 saturated carbocycles. The number of aromatic nitrogens is 2. The number of anilines is 1. The summed E-state index contributed by atoms with van der Waals surface area (Å²) < 4.78 is 3.85. The van der Waals surface area contributed by atoms with E-state index in [1.165, 1.54) is 11.5 Å². The third-order valence-corrected chi connectivity index (χ3v) is 4.61. The van der Waals surface area contributed by atoms with Crippen LogP contribution in [-0.2, 0) is 4.79 Å². The van der Waals surface area contributed by atoms with Crippen LogP contribution in [0.4, 0.5) is 5.69 Å². The normalized spacial score (nSPS) is 20.4. The van der Waals surface area contributed by atoms with Gasteiger partial charge in [-0.15, -0.1) is 17.5 Å². The van der Waals surface area contributed by atoms with Gasteiger partial charge in [0.05, 0.1) is 0 Å². The minimum absolute atomic E-state index is 0. The molecule has 2 atom stereocenters. The lowest BCUT2D eigenvalue weighted by Gasteiger charge is -2.17. The SMILES string of the molecule is Cl.NC[C@H]1CCC[C@H]1C(=O)Nc1ccc(-c2csnn2)cc1. The summed E-state index contributed by atoms with van der Waals surface area (Å²) in [4.78, 5) is 12.3. The maximum Gasteiger partial charge on any atom is 0.227 e. The van der Waals surface area contributed by atoms with Crippen LogP contribution in [0, 0.1) is 11.8 Å². The van der Waals surface area contributed by atoms with Gasteiger partial charge in [0.15, 0.2) is 0 Å². The highest BCUT2D eigenvalue weighted by Gasteiger charge is 2.31. The largest absolute Gasteiger partial charge is 0.330 e. The smallest absolute Gasteiger partial charge is 0.227 e. The summed E-state index contributed by atoms with van der Waals surface area (Å²) in [7, 11) is 0. The first kappa shape index (κ1) is 16.9. The van der Waals surface area contributed by atoms with Gasteiger partial charge in [-0.05, 0) is 49.0 Å². The Bertz CT molecular complexity index is 603. The second kappa shape index (κ2) is 7.67. The number of hydrogen-bond acceptors (Lipinski definition) is 5. The summed E-state index contributed by atoms with van der Waals surface area (Å²) in [5.41, 5.74) is 8.41. The van der Waals surface area contributed by atoms with Crippen molar-refractivity contribution in [3.8, 4) is 11.3 Å². The Kier molecular flexibility index (Phi) is 5.88. The molecular formula is C15H19ClN4OS. The fourth-order valence-electron chi connectivity index (χ4n) is 2.91. The Hall–Kier alpha value is -1.50. The van der Waals surface area contributed by atoms with Gasteiger partial charge in [-0.3, -0.25) is 4.79 Å². The lowest BCUT2D eigenvalue weighted by Crippen LogP contribution is -2.29. The molecule has 0 spiro atoms. The summed E-state index contributed by atoms with van der Waals surface area (Å²) in [6, 6.07) is 7.70. The van der Waals surface area contributed by atoms with Gasteiger partial charge in [-0.2, -0.15) is 0 Å². The predicted molar refractivity (Wildman–Crippen MR) is 91.1 cm³/mol. The monoisotopic (exact) mass is 338 g/mol. The molecule has 1 fully saturated rings.